The third-order valence-electron chi connectivity index (χ3n) is 3.94. The van der Waals surface area contributed by atoms with E-state index in [0.29, 0.717) is 5.56 Å². The number of fused-ring (bicyclic) bond motifs is 1. The first-order valence-electron chi connectivity index (χ1n) is 7.90. The summed E-state index contributed by atoms with van der Waals surface area (Å²) in [6.45, 7) is 3.33. The van der Waals surface area contributed by atoms with E-state index in [9.17, 15) is 19.8 Å². The Bertz CT molecular complexity index is 812. The monoisotopic (exact) mass is 342 g/mol. The lowest BCUT2D eigenvalue weighted by molar-refractivity contribution is -0.155. The van der Waals surface area contributed by atoms with Crippen LogP contribution in [0.2, 0.25) is 0 Å². The van der Waals surface area contributed by atoms with E-state index >= 15 is 0 Å². The Labute approximate surface area is 144 Å². The smallest absolute Gasteiger partial charge is 0.309 e. The summed E-state index contributed by atoms with van der Waals surface area (Å²) in [6, 6.07) is 11.2. The molecule has 0 fully saturated rings. The zero-order valence-electron chi connectivity index (χ0n) is 13.8. The van der Waals surface area contributed by atoms with Crippen LogP contribution < -0.4 is 4.74 Å². The molecule has 6 heteroatoms. The van der Waals surface area contributed by atoms with Crippen molar-refractivity contribution in [1.82, 2.24) is 0 Å². The molecule has 2 N–H and O–H groups in total. The Morgan fingerprint density at radius 2 is 1.84 bits per heavy atom. The molecule has 3 rings (SSSR count). The minimum Gasteiger partial charge on any atom is -0.508 e. The van der Waals surface area contributed by atoms with Crippen LogP contribution in [0.25, 0.3) is 0 Å². The molecule has 0 radical (unpaired) electrons. The first kappa shape index (κ1) is 16.8. The van der Waals surface area contributed by atoms with Crippen molar-refractivity contribution in [1.29, 1.82) is 0 Å². The Morgan fingerprint density at radius 1 is 1.16 bits per heavy atom. The quantitative estimate of drug-likeness (QED) is 0.833. The fourth-order valence-electron chi connectivity index (χ4n) is 2.67. The number of aromatic hydroxyl groups is 2. The maximum atomic E-state index is 12.9. The predicted octanol–water partition coefficient (Wildman–Crippen LogP) is 2.98. The second-order valence-electron chi connectivity index (χ2n) is 6.16. The molecular weight excluding hydrogens is 324 g/mol. The molecule has 0 saturated heterocycles. The highest BCUT2D eigenvalue weighted by molar-refractivity contribution is 6.06. The first-order valence-corrected chi connectivity index (χ1v) is 7.90. The van der Waals surface area contributed by atoms with Crippen LogP contribution in [0.15, 0.2) is 42.5 Å². The Kier molecular flexibility index (Phi) is 4.35. The van der Waals surface area contributed by atoms with E-state index in [1.54, 1.807) is 38.1 Å². The van der Waals surface area contributed by atoms with E-state index in [-0.39, 0.29) is 17.1 Å². The Morgan fingerprint density at radius 3 is 2.48 bits per heavy atom. The molecule has 2 aromatic carbocycles. The number of ketones is 1. The van der Waals surface area contributed by atoms with Crippen molar-refractivity contribution in [3.8, 4) is 17.2 Å². The highest BCUT2D eigenvalue weighted by atomic mass is 16.6. The van der Waals surface area contributed by atoms with Gasteiger partial charge in [-0.3, -0.25) is 9.59 Å². The zero-order valence-corrected chi connectivity index (χ0v) is 13.8. The molecule has 1 heterocycles. The van der Waals surface area contributed by atoms with Crippen LogP contribution in [0.5, 0.6) is 17.2 Å². The third kappa shape index (κ3) is 3.15. The van der Waals surface area contributed by atoms with Crippen LogP contribution in [-0.2, 0) is 9.53 Å². The average Bonchev–Trinajstić information content (AvgIpc) is 2.57. The minimum absolute atomic E-state index is 0.0493. The normalized spacial score (nSPS) is 19.2. The van der Waals surface area contributed by atoms with Crippen LogP contribution in [0.4, 0.5) is 0 Å². The number of phenols is 2. The maximum absolute atomic E-state index is 12.9. The Hall–Kier alpha value is -3.02. The molecule has 0 aromatic heterocycles. The molecule has 0 saturated carbocycles. The topological polar surface area (TPSA) is 93.1 Å². The van der Waals surface area contributed by atoms with Gasteiger partial charge < -0.3 is 19.7 Å². The Balaban J connectivity index is 2.08. The summed E-state index contributed by atoms with van der Waals surface area (Å²) in [5.41, 5.74) is 0.539. The van der Waals surface area contributed by atoms with Crippen LogP contribution in [0.1, 0.15) is 35.9 Å². The number of Topliss-reactive ketones (excluding diaryl/α,β-unsaturated/α-hetero) is 1. The van der Waals surface area contributed by atoms with Gasteiger partial charge in [0.1, 0.15) is 22.8 Å². The van der Waals surface area contributed by atoms with Gasteiger partial charge >= 0.3 is 5.97 Å². The summed E-state index contributed by atoms with van der Waals surface area (Å²) in [6.07, 6.45) is -2.09. The first-order chi connectivity index (χ1) is 11.9. The van der Waals surface area contributed by atoms with E-state index in [1.807, 2.05) is 6.07 Å². The van der Waals surface area contributed by atoms with Gasteiger partial charge in [0.25, 0.3) is 0 Å². The van der Waals surface area contributed by atoms with Crippen LogP contribution in [-0.4, -0.2) is 28.1 Å². The van der Waals surface area contributed by atoms with Gasteiger partial charge in [0.15, 0.2) is 6.10 Å². The van der Waals surface area contributed by atoms with Crippen LogP contribution in [0, 0.1) is 5.92 Å². The highest BCUT2D eigenvalue weighted by Gasteiger charge is 2.43. The molecule has 0 amide bonds. The summed E-state index contributed by atoms with van der Waals surface area (Å²) in [7, 11) is 0. The average molecular weight is 342 g/mol. The van der Waals surface area contributed by atoms with Crippen LogP contribution in [0.3, 0.4) is 0 Å². The molecule has 0 spiro atoms. The molecule has 6 nitrogen and oxygen atoms in total. The number of carbonyl (C=O) groups is 2. The second kappa shape index (κ2) is 6.47. The molecule has 2 unspecified atom stereocenters. The van der Waals surface area contributed by atoms with E-state index in [4.69, 9.17) is 9.47 Å². The van der Waals surface area contributed by atoms with Gasteiger partial charge in [0, 0.05) is 12.1 Å². The molecular formula is C19H18O6. The van der Waals surface area contributed by atoms with E-state index in [1.165, 1.54) is 6.07 Å². The number of phenolic OH excluding ortho intramolecular Hbond substituents is 2. The summed E-state index contributed by atoms with van der Waals surface area (Å²) in [5, 5.41) is 19.7. The van der Waals surface area contributed by atoms with Crippen LogP contribution >= 0.6 is 0 Å². The number of esters is 1. The van der Waals surface area contributed by atoms with Crippen molar-refractivity contribution in [2.24, 2.45) is 5.92 Å². The summed E-state index contributed by atoms with van der Waals surface area (Å²) in [4.78, 5) is 24.9. The lowest BCUT2D eigenvalue weighted by Gasteiger charge is -2.33. The summed E-state index contributed by atoms with van der Waals surface area (Å²) >= 11 is 0. The number of ether oxygens (including phenoxy) is 2. The van der Waals surface area contributed by atoms with Gasteiger partial charge in [-0.2, -0.15) is 0 Å². The molecule has 25 heavy (non-hydrogen) atoms. The van der Waals surface area contributed by atoms with Gasteiger partial charge in [0.05, 0.1) is 5.92 Å². The lowest BCUT2D eigenvalue weighted by atomic mass is 9.92. The zero-order chi connectivity index (χ0) is 18.1. The largest absolute Gasteiger partial charge is 0.508 e. The maximum Gasteiger partial charge on any atom is 0.309 e. The van der Waals surface area contributed by atoms with E-state index in [2.05, 4.69) is 0 Å². The number of rotatable bonds is 3. The van der Waals surface area contributed by atoms with Gasteiger partial charge in [-0.25, -0.2) is 0 Å². The summed E-state index contributed by atoms with van der Waals surface area (Å²) < 4.78 is 11.2. The number of carbonyl (C=O) groups excluding carboxylic acids is 2. The van der Waals surface area contributed by atoms with Gasteiger partial charge in [-0.05, 0) is 5.56 Å². The van der Waals surface area contributed by atoms with Crippen molar-refractivity contribution in [2.75, 3.05) is 0 Å². The lowest BCUT2D eigenvalue weighted by Crippen LogP contribution is -2.40. The van der Waals surface area contributed by atoms with Crippen molar-refractivity contribution in [2.45, 2.75) is 26.1 Å². The predicted molar refractivity (Wildman–Crippen MR) is 88.6 cm³/mol. The fourth-order valence-corrected chi connectivity index (χ4v) is 2.67. The van der Waals surface area contributed by atoms with Crippen molar-refractivity contribution in [3.05, 3.63) is 53.6 Å². The second-order valence-corrected chi connectivity index (χ2v) is 6.16. The molecule has 0 bridgehead atoms. The van der Waals surface area contributed by atoms with Gasteiger partial charge in [-0.15, -0.1) is 0 Å². The summed E-state index contributed by atoms with van der Waals surface area (Å²) in [5.74, 6) is -2.12. The molecule has 1 aliphatic rings. The van der Waals surface area contributed by atoms with Crippen molar-refractivity contribution in [3.63, 3.8) is 0 Å². The minimum atomic E-state index is -1.22. The van der Waals surface area contributed by atoms with E-state index in [0.717, 1.165) is 6.07 Å². The molecule has 0 aliphatic carbocycles. The molecule has 130 valence electrons. The van der Waals surface area contributed by atoms with E-state index < -0.39 is 35.6 Å². The number of hydrogen-bond donors (Lipinski definition) is 2. The standard InChI is InChI=1S/C19H18O6/c1-10(2)19(23)25-18-16(22)15-13(21)8-12(20)9-14(15)24-17(18)11-6-4-3-5-7-11/h3-10,17-18,20-21H,1-2H3. The molecule has 1 aliphatic heterocycles. The van der Waals surface area contributed by atoms with Gasteiger partial charge in [0.2, 0.25) is 11.9 Å². The highest BCUT2D eigenvalue weighted by Crippen LogP contribution is 2.42. The fraction of sp³-hybridized carbons (Fsp3) is 0.263. The SMILES string of the molecule is CC(C)C(=O)OC1C(=O)c2c(O)cc(O)cc2OC1c1ccccc1. The van der Waals surface area contributed by atoms with Crippen molar-refractivity contribution < 1.29 is 29.3 Å². The molecule has 2 aromatic rings. The third-order valence-corrected chi connectivity index (χ3v) is 3.94. The number of hydrogen-bond acceptors (Lipinski definition) is 6. The van der Waals surface area contributed by atoms with Gasteiger partial charge in [-0.1, -0.05) is 44.2 Å². The number of benzene rings is 2. The molecule has 2 atom stereocenters. The van der Waals surface area contributed by atoms with Crippen molar-refractivity contribution >= 4 is 11.8 Å².